The van der Waals surface area contributed by atoms with Crippen molar-refractivity contribution in [3.63, 3.8) is 0 Å². The quantitative estimate of drug-likeness (QED) is 0.555. The Bertz CT molecular complexity index is 1080. The lowest BCUT2D eigenvalue weighted by Crippen LogP contribution is -2.18. The van der Waals surface area contributed by atoms with E-state index in [-0.39, 0.29) is 11.7 Å². The minimum Gasteiger partial charge on any atom is -0.494 e. The van der Waals surface area contributed by atoms with Gasteiger partial charge in [0.05, 0.1) is 25.0 Å². The number of anilines is 2. The van der Waals surface area contributed by atoms with Crippen molar-refractivity contribution in [3.8, 4) is 5.75 Å². The van der Waals surface area contributed by atoms with Crippen LogP contribution < -0.4 is 15.4 Å². The van der Waals surface area contributed by atoms with Crippen molar-refractivity contribution in [1.82, 2.24) is 25.1 Å². The number of ether oxygens (including phenoxy) is 1. The van der Waals surface area contributed by atoms with Crippen LogP contribution >= 0.6 is 0 Å². The summed E-state index contributed by atoms with van der Waals surface area (Å²) in [6.45, 7) is 0. The van der Waals surface area contributed by atoms with E-state index in [1.54, 1.807) is 24.7 Å². The second kappa shape index (κ2) is 9.76. The van der Waals surface area contributed by atoms with Gasteiger partial charge in [0.2, 0.25) is 5.95 Å². The summed E-state index contributed by atoms with van der Waals surface area (Å²) in [5.74, 6) is -0.220. The van der Waals surface area contributed by atoms with Gasteiger partial charge in [-0.25, -0.2) is 14.4 Å². The fraction of sp³-hybridized carbons (Fsp3) is 0.391. The lowest BCUT2D eigenvalue weighted by Gasteiger charge is -2.11. The molecule has 9 heteroatoms. The third-order valence-electron chi connectivity index (χ3n) is 5.77. The Morgan fingerprint density at radius 3 is 2.62 bits per heavy atom. The number of nitrogens with one attached hydrogen (secondary N) is 2. The zero-order valence-corrected chi connectivity index (χ0v) is 18.3. The summed E-state index contributed by atoms with van der Waals surface area (Å²) in [7, 11) is 2.91. The van der Waals surface area contributed by atoms with Gasteiger partial charge in [-0.05, 0) is 48.9 Å². The first-order chi connectivity index (χ1) is 15.6. The molecule has 4 rings (SSSR count). The van der Waals surface area contributed by atoms with Crippen LogP contribution in [-0.2, 0) is 12.8 Å². The van der Waals surface area contributed by atoms with Crippen LogP contribution in [0.3, 0.4) is 0 Å². The van der Waals surface area contributed by atoms with Crippen LogP contribution in [0.5, 0.6) is 5.75 Å². The van der Waals surface area contributed by atoms with E-state index < -0.39 is 5.82 Å². The van der Waals surface area contributed by atoms with Crippen molar-refractivity contribution in [3.05, 3.63) is 59.4 Å². The second-order valence-electron chi connectivity index (χ2n) is 7.92. The largest absolute Gasteiger partial charge is 0.494 e. The molecule has 0 radical (unpaired) electrons. The minimum atomic E-state index is -0.460. The van der Waals surface area contributed by atoms with Crippen molar-refractivity contribution >= 4 is 17.5 Å². The Kier molecular flexibility index (Phi) is 6.63. The molecule has 1 amide bonds. The number of carbonyl (C=O) groups is 1. The average molecular weight is 439 g/mol. The maximum atomic E-state index is 14.6. The number of aromatic nitrogens is 4. The molecule has 2 heterocycles. The average Bonchev–Trinajstić information content (AvgIpc) is 3.51. The molecule has 0 saturated heterocycles. The van der Waals surface area contributed by atoms with Crippen LogP contribution in [0.4, 0.5) is 16.0 Å². The van der Waals surface area contributed by atoms with E-state index in [0.29, 0.717) is 36.0 Å². The third-order valence-corrected chi connectivity index (χ3v) is 5.77. The molecule has 8 nitrogen and oxygen atoms in total. The Balaban J connectivity index is 1.39. The first-order valence-corrected chi connectivity index (χ1v) is 10.8. The Morgan fingerprint density at radius 1 is 1.19 bits per heavy atom. The van der Waals surface area contributed by atoms with Crippen LogP contribution in [0.2, 0.25) is 0 Å². The summed E-state index contributed by atoms with van der Waals surface area (Å²) >= 11 is 0. The molecule has 1 saturated carbocycles. The Morgan fingerprint density at radius 2 is 1.94 bits per heavy atom. The van der Waals surface area contributed by atoms with Gasteiger partial charge in [0.15, 0.2) is 11.6 Å². The fourth-order valence-electron chi connectivity index (χ4n) is 3.99. The number of methoxy groups -OCH3 is 1. The number of rotatable bonds is 8. The molecule has 1 fully saturated rings. The van der Waals surface area contributed by atoms with E-state index in [1.165, 1.54) is 45.9 Å². The summed E-state index contributed by atoms with van der Waals surface area (Å²) in [5, 5.41) is 10.2. The van der Waals surface area contributed by atoms with E-state index in [2.05, 4.69) is 25.7 Å². The molecule has 0 atom stereocenters. The highest BCUT2D eigenvalue weighted by molar-refractivity contribution is 5.94. The number of hydrogen-bond donors (Lipinski definition) is 2. The summed E-state index contributed by atoms with van der Waals surface area (Å²) in [6, 6.07) is 3.43. The van der Waals surface area contributed by atoms with Crippen LogP contribution in [0, 0.1) is 5.82 Å². The van der Waals surface area contributed by atoms with Gasteiger partial charge in [-0.1, -0.05) is 12.8 Å². The van der Waals surface area contributed by atoms with E-state index >= 15 is 0 Å². The van der Waals surface area contributed by atoms with Crippen molar-refractivity contribution in [1.29, 1.82) is 0 Å². The first kappa shape index (κ1) is 21.7. The van der Waals surface area contributed by atoms with E-state index in [9.17, 15) is 9.18 Å². The van der Waals surface area contributed by atoms with Gasteiger partial charge in [0, 0.05) is 31.2 Å². The summed E-state index contributed by atoms with van der Waals surface area (Å²) < 4.78 is 21.7. The maximum absolute atomic E-state index is 14.6. The van der Waals surface area contributed by atoms with Gasteiger partial charge in [-0.2, -0.15) is 5.10 Å². The molecule has 0 unspecified atom stereocenters. The van der Waals surface area contributed by atoms with Crippen LogP contribution in [0.1, 0.15) is 53.2 Å². The van der Waals surface area contributed by atoms with Gasteiger partial charge in [0.1, 0.15) is 0 Å². The molecule has 1 aromatic carbocycles. The number of amides is 1. The van der Waals surface area contributed by atoms with Crippen molar-refractivity contribution < 1.29 is 13.9 Å². The maximum Gasteiger partial charge on any atom is 0.251 e. The number of hydrogen-bond acceptors (Lipinski definition) is 6. The third kappa shape index (κ3) is 4.87. The number of carbonyl (C=O) groups excluding carboxylic acids is 1. The van der Waals surface area contributed by atoms with Gasteiger partial charge in [-0.15, -0.1) is 0 Å². The predicted octanol–water partition coefficient (Wildman–Crippen LogP) is 3.82. The number of nitrogens with zero attached hydrogens (tertiary/aromatic N) is 4. The Hall–Kier alpha value is -3.49. The van der Waals surface area contributed by atoms with Crippen molar-refractivity contribution in [2.24, 2.45) is 0 Å². The highest BCUT2D eigenvalue weighted by Crippen LogP contribution is 2.29. The lowest BCUT2D eigenvalue weighted by molar-refractivity contribution is 0.0962. The van der Waals surface area contributed by atoms with Crippen molar-refractivity contribution in [2.45, 2.75) is 44.6 Å². The smallest absolute Gasteiger partial charge is 0.251 e. The molecule has 2 N–H and O–H groups in total. The molecule has 3 aromatic rings. The van der Waals surface area contributed by atoms with Gasteiger partial charge >= 0.3 is 0 Å². The second-order valence-corrected chi connectivity index (χ2v) is 7.92. The molecule has 0 aliphatic heterocycles. The SMILES string of the molecule is CNC(=O)c1cc(CCc2cnc(Nc3cnn(C4CCCC4)c3)nc2)c(F)c(OC)c1. The van der Waals surface area contributed by atoms with Gasteiger partial charge < -0.3 is 15.4 Å². The molecule has 32 heavy (non-hydrogen) atoms. The molecule has 1 aliphatic rings. The molecule has 168 valence electrons. The van der Waals surface area contributed by atoms with E-state index in [4.69, 9.17) is 4.74 Å². The van der Waals surface area contributed by atoms with E-state index in [0.717, 1.165) is 11.3 Å². The predicted molar refractivity (Wildman–Crippen MR) is 119 cm³/mol. The highest BCUT2D eigenvalue weighted by Gasteiger charge is 2.18. The Labute approximate surface area is 186 Å². The number of aryl methyl sites for hydroxylation is 2. The van der Waals surface area contributed by atoms with E-state index in [1.807, 2.05) is 10.9 Å². The zero-order valence-electron chi connectivity index (χ0n) is 18.3. The fourth-order valence-corrected chi connectivity index (χ4v) is 3.99. The number of benzene rings is 1. The molecular formula is C23H27FN6O2. The normalized spacial score (nSPS) is 13.8. The molecular weight excluding hydrogens is 411 g/mol. The van der Waals surface area contributed by atoms with Crippen molar-refractivity contribution in [2.75, 3.05) is 19.5 Å². The van der Waals surface area contributed by atoms with Crippen LogP contribution in [0.15, 0.2) is 36.9 Å². The molecule has 0 bridgehead atoms. The summed E-state index contributed by atoms with van der Waals surface area (Å²) in [5.41, 5.74) is 2.48. The molecule has 0 spiro atoms. The summed E-state index contributed by atoms with van der Waals surface area (Å²) in [6.07, 6.45) is 13.0. The topological polar surface area (TPSA) is 94.0 Å². The van der Waals surface area contributed by atoms with Crippen LogP contribution in [0.25, 0.3) is 0 Å². The summed E-state index contributed by atoms with van der Waals surface area (Å²) in [4.78, 5) is 20.7. The highest BCUT2D eigenvalue weighted by atomic mass is 19.1. The zero-order chi connectivity index (χ0) is 22.5. The van der Waals surface area contributed by atoms with Gasteiger partial charge in [-0.3, -0.25) is 9.48 Å². The standard InChI is InChI=1S/C23H27FN6O2/c1-25-22(31)17-9-16(21(24)20(10-17)32-2)8-7-15-11-26-23(27-12-15)29-18-13-28-30(14-18)19-5-3-4-6-19/h9-14,19H,3-8H2,1-2H3,(H,25,31)(H,26,27,29). The molecule has 2 aromatic heterocycles. The number of halogens is 1. The monoisotopic (exact) mass is 438 g/mol. The minimum absolute atomic E-state index is 0.0510. The molecule has 1 aliphatic carbocycles. The first-order valence-electron chi connectivity index (χ1n) is 10.8. The van der Waals surface area contributed by atoms with Crippen LogP contribution in [-0.4, -0.2) is 39.8 Å². The lowest BCUT2D eigenvalue weighted by atomic mass is 10.0. The van der Waals surface area contributed by atoms with Gasteiger partial charge in [0.25, 0.3) is 5.91 Å².